The summed E-state index contributed by atoms with van der Waals surface area (Å²) in [5.74, 6) is 1.77. The highest BCUT2D eigenvalue weighted by atomic mass is 16.5. The molecule has 0 aliphatic heterocycles. The summed E-state index contributed by atoms with van der Waals surface area (Å²) in [6.07, 6.45) is 2.04. The molecule has 0 fully saturated rings. The molecule has 0 radical (unpaired) electrons. The Morgan fingerprint density at radius 2 is 1.64 bits per heavy atom. The van der Waals surface area contributed by atoms with Crippen LogP contribution in [0.15, 0.2) is 108 Å². The van der Waals surface area contributed by atoms with Gasteiger partial charge in [-0.15, -0.1) is 0 Å². The predicted molar refractivity (Wildman–Crippen MR) is 135 cm³/mol. The van der Waals surface area contributed by atoms with Gasteiger partial charge in [0.2, 0.25) is 6.41 Å². The lowest BCUT2D eigenvalue weighted by atomic mass is 10.2. The average Bonchev–Trinajstić information content (AvgIpc) is 2.81. The number of aliphatic imine (C=N–C) groups is 1. The molecule has 0 spiro atoms. The fourth-order valence-electron chi connectivity index (χ4n) is 3.31. The third-order valence-electron chi connectivity index (χ3n) is 4.82. The molecular formula is C26H27N5O2. The molecule has 168 valence electrons. The van der Waals surface area contributed by atoms with Crippen molar-refractivity contribution in [2.45, 2.75) is 6.92 Å². The zero-order valence-electron chi connectivity index (χ0n) is 18.7. The molecule has 0 aliphatic rings. The summed E-state index contributed by atoms with van der Waals surface area (Å²) in [6.45, 7) is 5.45. The zero-order chi connectivity index (χ0) is 23.8. The summed E-state index contributed by atoms with van der Waals surface area (Å²) >= 11 is 0. The van der Waals surface area contributed by atoms with Crippen LogP contribution in [0.5, 0.6) is 11.5 Å². The number of para-hydroxylation sites is 1. The lowest BCUT2D eigenvalue weighted by Crippen LogP contribution is -2.38. The van der Waals surface area contributed by atoms with Crippen LogP contribution in [0.25, 0.3) is 0 Å². The molecule has 0 aromatic heterocycles. The number of amidine groups is 1. The molecule has 3 aromatic rings. The maximum absolute atomic E-state index is 12.1. The zero-order valence-corrected chi connectivity index (χ0v) is 18.7. The molecule has 4 N–H and O–H groups in total. The van der Waals surface area contributed by atoms with Gasteiger partial charge in [0.15, 0.2) is 5.84 Å². The van der Waals surface area contributed by atoms with Gasteiger partial charge in [0, 0.05) is 30.3 Å². The van der Waals surface area contributed by atoms with Gasteiger partial charge in [0.1, 0.15) is 17.2 Å². The van der Waals surface area contributed by atoms with Crippen LogP contribution in [0.1, 0.15) is 6.92 Å². The molecule has 7 heteroatoms. The van der Waals surface area contributed by atoms with E-state index in [9.17, 15) is 4.79 Å². The Bertz CT molecular complexity index is 1170. The SMILES string of the molecule is C=CN=C(/C(=C(\C)N)N(C)c1ccc(Oc2ccccc2)cc1)N(C=O)c1cccc(N)c1. The first kappa shape index (κ1) is 23.1. The first-order chi connectivity index (χ1) is 15.9. The van der Waals surface area contributed by atoms with Crippen LogP contribution in [0.3, 0.4) is 0 Å². The van der Waals surface area contributed by atoms with Gasteiger partial charge < -0.3 is 21.1 Å². The summed E-state index contributed by atoms with van der Waals surface area (Å²) in [5.41, 5.74) is 15.1. The van der Waals surface area contributed by atoms with E-state index in [4.69, 9.17) is 16.2 Å². The number of hydrogen-bond acceptors (Lipinski definition) is 6. The molecule has 7 nitrogen and oxygen atoms in total. The van der Waals surface area contributed by atoms with Crippen LogP contribution in [0.2, 0.25) is 0 Å². The highest BCUT2D eigenvalue weighted by Crippen LogP contribution is 2.28. The number of likely N-dealkylation sites (N-methyl/N-ethyl adjacent to an activating group) is 1. The van der Waals surface area contributed by atoms with E-state index in [1.54, 1.807) is 31.2 Å². The van der Waals surface area contributed by atoms with Crippen molar-refractivity contribution in [1.29, 1.82) is 0 Å². The lowest BCUT2D eigenvalue weighted by molar-refractivity contribution is -0.106. The van der Waals surface area contributed by atoms with Gasteiger partial charge >= 0.3 is 0 Å². The molecule has 0 bridgehead atoms. The summed E-state index contributed by atoms with van der Waals surface area (Å²) in [6, 6.07) is 24.0. The molecule has 1 amide bonds. The van der Waals surface area contributed by atoms with Crippen LogP contribution in [-0.4, -0.2) is 19.3 Å². The van der Waals surface area contributed by atoms with E-state index < -0.39 is 0 Å². The lowest BCUT2D eigenvalue weighted by Gasteiger charge is -2.29. The Hall–Kier alpha value is -4.52. The Morgan fingerprint density at radius 3 is 2.21 bits per heavy atom. The second-order valence-electron chi connectivity index (χ2n) is 7.21. The van der Waals surface area contributed by atoms with E-state index in [-0.39, 0.29) is 0 Å². The van der Waals surface area contributed by atoms with Crippen molar-refractivity contribution in [3.05, 3.63) is 103 Å². The van der Waals surface area contributed by atoms with E-state index in [1.165, 1.54) is 11.1 Å². The van der Waals surface area contributed by atoms with Crippen molar-refractivity contribution in [2.24, 2.45) is 10.7 Å². The Balaban J connectivity index is 1.94. The van der Waals surface area contributed by atoms with Gasteiger partial charge in [-0.05, 0) is 61.5 Å². The van der Waals surface area contributed by atoms with E-state index in [0.717, 1.165) is 11.4 Å². The number of carbonyl (C=O) groups is 1. The second-order valence-corrected chi connectivity index (χ2v) is 7.21. The number of carbonyl (C=O) groups excluding carboxylic acids is 1. The van der Waals surface area contributed by atoms with Crippen molar-refractivity contribution in [3.63, 3.8) is 0 Å². The summed E-state index contributed by atoms with van der Waals surface area (Å²) in [4.78, 5) is 19.7. The molecule has 3 aromatic carbocycles. The number of nitrogens with two attached hydrogens (primary N) is 2. The smallest absolute Gasteiger partial charge is 0.219 e. The maximum atomic E-state index is 12.1. The standard InChI is InChI=1S/C26H27N5O2/c1-4-29-26(31(18-32)22-10-8-9-20(28)17-22)25(19(2)27)30(3)21-13-15-24(16-14-21)33-23-11-6-5-7-12-23/h4-18H,1,27-28H2,2-3H3/b25-19-,29-26?. The van der Waals surface area contributed by atoms with Gasteiger partial charge in [0.05, 0.1) is 5.69 Å². The quantitative estimate of drug-likeness (QED) is 0.224. The first-order valence-corrected chi connectivity index (χ1v) is 10.3. The van der Waals surface area contributed by atoms with Crippen LogP contribution in [0, 0.1) is 0 Å². The molecule has 0 atom stereocenters. The van der Waals surface area contributed by atoms with Crippen LogP contribution < -0.4 is 26.0 Å². The van der Waals surface area contributed by atoms with E-state index in [2.05, 4.69) is 11.6 Å². The summed E-state index contributed by atoms with van der Waals surface area (Å²) in [5, 5.41) is 0. The third-order valence-corrected chi connectivity index (χ3v) is 4.82. The number of hydrogen-bond donors (Lipinski definition) is 2. The molecule has 0 heterocycles. The van der Waals surface area contributed by atoms with Gasteiger partial charge in [0.25, 0.3) is 0 Å². The average molecular weight is 442 g/mol. The largest absolute Gasteiger partial charge is 0.457 e. The Kier molecular flexibility index (Phi) is 7.49. The van der Waals surface area contributed by atoms with Crippen molar-refractivity contribution in [3.8, 4) is 11.5 Å². The van der Waals surface area contributed by atoms with Gasteiger partial charge in [-0.1, -0.05) is 30.8 Å². The predicted octanol–water partition coefficient (Wildman–Crippen LogP) is 4.89. The van der Waals surface area contributed by atoms with E-state index in [0.29, 0.717) is 40.8 Å². The molecule has 3 rings (SSSR count). The minimum Gasteiger partial charge on any atom is -0.457 e. The number of anilines is 3. The molecule has 0 aliphatic carbocycles. The third kappa shape index (κ3) is 5.59. The van der Waals surface area contributed by atoms with Crippen LogP contribution >= 0.6 is 0 Å². The number of ether oxygens (including phenoxy) is 1. The minimum atomic E-state index is 0.317. The fraction of sp³-hybridized carbons (Fsp3) is 0.0769. The van der Waals surface area contributed by atoms with Crippen LogP contribution in [0.4, 0.5) is 17.1 Å². The topological polar surface area (TPSA) is 97.2 Å². The molecule has 0 unspecified atom stereocenters. The highest BCUT2D eigenvalue weighted by molar-refractivity contribution is 6.20. The van der Waals surface area contributed by atoms with Gasteiger partial charge in [-0.25, -0.2) is 4.99 Å². The number of rotatable bonds is 8. The number of nitrogens with zero attached hydrogens (tertiary/aromatic N) is 3. The van der Waals surface area contributed by atoms with Crippen LogP contribution in [-0.2, 0) is 4.79 Å². The molecular weight excluding hydrogens is 414 g/mol. The number of amides is 1. The molecule has 0 saturated carbocycles. The normalized spacial score (nSPS) is 11.9. The van der Waals surface area contributed by atoms with Gasteiger partial charge in [-0.3, -0.25) is 9.69 Å². The van der Waals surface area contributed by atoms with Crippen molar-refractivity contribution in [2.75, 3.05) is 22.6 Å². The summed E-state index contributed by atoms with van der Waals surface area (Å²) < 4.78 is 5.87. The van der Waals surface area contributed by atoms with E-state index in [1.807, 2.05) is 66.5 Å². The van der Waals surface area contributed by atoms with E-state index >= 15 is 0 Å². The minimum absolute atomic E-state index is 0.317. The summed E-state index contributed by atoms with van der Waals surface area (Å²) in [7, 11) is 1.85. The highest BCUT2D eigenvalue weighted by Gasteiger charge is 2.23. The number of nitrogen functional groups attached to an aromatic ring is 1. The number of allylic oxidation sites excluding steroid dienone is 1. The Labute approximate surface area is 193 Å². The van der Waals surface area contributed by atoms with Gasteiger partial charge in [-0.2, -0.15) is 0 Å². The monoisotopic (exact) mass is 441 g/mol. The second kappa shape index (κ2) is 10.7. The number of benzene rings is 3. The fourth-order valence-corrected chi connectivity index (χ4v) is 3.31. The maximum Gasteiger partial charge on any atom is 0.219 e. The Morgan fingerprint density at radius 1 is 0.970 bits per heavy atom. The molecule has 0 saturated heterocycles. The van der Waals surface area contributed by atoms with Crippen molar-refractivity contribution < 1.29 is 9.53 Å². The van der Waals surface area contributed by atoms with Crippen molar-refractivity contribution >= 4 is 29.3 Å². The first-order valence-electron chi connectivity index (χ1n) is 10.3. The van der Waals surface area contributed by atoms with Crippen molar-refractivity contribution in [1.82, 2.24) is 0 Å². The molecule has 33 heavy (non-hydrogen) atoms.